The number of carbonyl (C=O) groups is 1. The van der Waals surface area contributed by atoms with Gasteiger partial charge >= 0.3 is 0 Å². The number of anilines is 2. The first kappa shape index (κ1) is 18.9. The van der Waals surface area contributed by atoms with E-state index >= 15 is 0 Å². The zero-order valence-corrected chi connectivity index (χ0v) is 15.8. The summed E-state index contributed by atoms with van der Waals surface area (Å²) in [5.41, 5.74) is 0.652. The summed E-state index contributed by atoms with van der Waals surface area (Å²) < 4.78 is 18.9. The van der Waals surface area contributed by atoms with Crippen molar-refractivity contribution in [3.63, 3.8) is 0 Å². The Morgan fingerprint density at radius 1 is 1.14 bits per heavy atom. The summed E-state index contributed by atoms with van der Waals surface area (Å²) in [4.78, 5) is 20.6. The predicted molar refractivity (Wildman–Crippen MR) is 105 cm³/mol. The first-order chi connectivity index (χ1) is 14.2. The van der Waals surface area contributed by atoms with Crippen molar-refractivity contribution in [2.45, 2.75) is 6.42 Å². The number of aromatic nitrogens is 3. The number of nitrogens with one attached hydrogen (secondary N) is 1. The van der Waals surface area contributed by atoms with E-state index in [1.165, 1.54) is 12.3 Å². The molecule has 8 nitrogen and oxygen atoms in total. The molecule has 1 N–H and O–H groups in total. The topological polar surface area (TPSA) is 87.4 Å². The maximum absolute atomic E-state index is 13.7. The highest BCUT2D eigenvalue weighted by Gasteiger charge is 2.25. The van der Waals surface area contributed by atoms with E-state index in [1.54, 1.807) is 35.4 Å². The minimum atomic E-state index is -0.210. The van der Waals surface area contributed by atoms with Crippen molar-refractivity contribution >= 4 is 17.7 Å². The maximum atomic E-state index is 13.7. The summed E-state index contributed by atoms with van der Waals surface area (Å²) in [5, 5.41) is 11.3. The fourth-order valence-corrected chi connectivity index (χ4v) is 3.21. The second kappa shape index (κ2) is 8.68. The first-order valence-electron chi connectivity index (χ1n) is 9.45. The number of piperazine rings is 1. The standard InChI is InChI=1S/C20H21FN6O2/c21-16-5-2-1-4-15(16)7-8-22-18-14-23-25-20(24-18)27-11-9-26(10-12-27)19(28)17-6-3-13-29-17/h1-6,13-14H,7-12H2,(H,22,24,25). The summed E-state index contributed by atoms with van der Waals surface area (Å²) in [6, 6.07) is 10.1. The lowest BCUT2D eigenvalue weighted by Gasteiger charge is -2.34. The molecule has 0 bridgehead atoms. The van der Waals surface area contributed by atoms with E-state index in [0.717, 1.165) is 0 Å². The van der Waals surface area contributed by atoms with Crippen LogP contribution in [0.15, 0.2) is 53.3 Å². The highest BCUT2D eigenvalue weighted by molar-refractivity contribution is 5.91. The molecule has 1 aromatic carbocycles. The minimum absolute atomic E-state index is 0.114. The fourth-order valence-electron chi connectivity index (χ4n) is 3.21. The summed E-state index contributed by atoms with van der Waals surface area (Å²) in [5.74, 6) is 1.11. The largest absolute Gasteiger partial charge is 0.459 e. The highest BCUT2D eigenvalue weighted by atomic mass is 19.1. The van der Waals surface area contributed by atoms with Crippen molar-refractivity contribution in [2.24, 2.45) is 0 Å². The Balaban J connectivity index is 1.31. The summed E-state index contributed by atoms with van der Waals surface area (Å²) in [7, 11) is 0. The number of carbonyl (C=O) groups excluding carboxylic acids is 1. The molecule has 0 spiro atoms. The smallest absolute Gasteiger partial charge is 0.289 e. The molecule has 150 valence electrons. The van der Waals surface area contributed by atoms with Crippen LogP contribution in [0.25, 0.3) is 0 Å². The summed E-state index contributed by atoms with van der Waals surface area (Å²) in [6.07, 6.45) is 3.58. The molecule has 29 heavy (non-hydrogen) atoms. The van der Waals surface area contributed by atoms with Crippen molar-refractivity contribution in [2.75, 3.05) is 42.9 Å². The molecular weight excluding hydrogens is 375 g/mol. The van der Waals surface area contributed by atoms with Gasteiger partial charge in [-0.05, 0) is 30.2 Å². The quantitative estimate of drug-likeness (QED) is 0.684. The first-order valence-corrected chi connectivity index (χ1v) is 9.45. The van der Waals surface area contributed by atoms with Crippen LogP contribution in [0, 0.1) is 5.82 Å². The van der Waals surface area contributed by atoms with Crippen LogP contribution < -0.4 is 10.2 Å². The van der Waals surface area contributed by atoms with Gasteiger partial charge in [0.1, 0.15) is 5.82 Å². The van der Waals surface area contributed by atoms with Gasteiger partial charge in [0, 0.05) is 32.7 Å². The molecule has 3 heterocycles. The van der Waals surface area contributed by atoms with Crippen LogP contribution in [0.5, 0.6) is 0 Å². The van der Waals surface area contributed by atoms with E-state index in [0.29, 0.717) is 62.2 Å². The average molecular weight is 396 g/mol. The Hall–Kier alpha value is -3.49. The van der Waals surface area contributed by atoms with Crippen LogP contribution >= 0.6 is 0 Å². The van der Waals surface area contributed by atoms with Gasteiger partial charge in [0.2, 0.25) is 5.95 Å². The lowest BCUT2D eigenvalue weighted by atomic mass is 10.1. The van der Waals surface area contributed by atoms with Crippen LogP contribution in [0.3, 0.4) is 0 Å². The molecule has 1 fully saturated rings. The maximum Gasteiger partial charge on any atom is 0.289 e. The van der Waals surface area contributed by atoms with Gasteiger partial charge in [0.15, 0.2) is 11.6 Å². The Morgan fingerprint density at radius 3 is 2.72 bits per heavy atom. The second-order valence-electron chi connectivity index (χ2n) is 6.67. The molecule has 4 rings (SSSR count). The monoisotopic (exact) mass is 396 g/mol. The van der Waals surface area contributed by atoms with Crippen molar-refractivity contribution in [3.05, 3.63) is 66.0 Å². The molecular formula is C20H21FN6O2. The molecule has 9 heteroatoms. The van der Waals surface area contributed by atoms with Crippen molar-refractivity contribution < 1.29 is 13.6 Å². The molecule has 1 aliphatic rings. The van der Waals surface area contributed by atoms with Gasteiger partial charge in [-0.15, -0.1) is 5.10 Å². The third kappa shape index (κ3) is 4.50. The number of nitrogens with zero attached hydrogens (tertiary/aromatic N) is 5. The van der Waals surface area contributed by atoms with Crippen molar-refractivity contribution in [1.82, 2.24) is 20.1 Å². The van der Waals surface area contributed by atoms with E-state index < -0.39 is 0 Å². The number of benzene rings is 1. The highest BCUT2D eigenvalue weighted by Crippen LogP contribution is 2.15. The van der Waals surface area contributed by atoms with Crippen molar-refractivity contribution in [1.29, 1.82) is 0 Å². The number of hydrogen-bond donors (Lipinski definition) is 1. The average Bonchev–Trinajstić information content (AvgIpc) is 3.30. The van der Waals surface area contributed by atoms with Crippen molar-refractivity contribution in [3.8, 4) is 0 Å². The van der Waals surface area contributed by atoms with E-state index in [2.05, 4.69) is 20.5 Å². The van der Waals surface area contributed by atoms with Gasteiger partial charge in [-0.1, -0.05) is 18.2 Å². The molecule has 0 radical (unpaired) electrons. The predicted octanol–water partition coefficient (Wildman–Crippen LogP) is 2.22. The second-order valence-corrected chi connectivity index (χ2v) is 6.67. The van der Waals surface area contributed by atoms with Crippen LogP contribution in [0.2, 0.25) is 0 Å². The van der Waals surface area contributed by atoms with Gasteiger partial charge < -0.3 is 19.5 Å². The normalized spacial score (nSPS) is 14.1. The van der Waals surface area contributed by atoms with E-state index in [4.69, 9.17) is 4.42 Å². The SMILES string of the molecule is O=C(c1ccco1)N1CCN(c2nncc(NCCc3ccccc3F)n2)CC1. The van der Waals surface area contributed by atoms with Crippen LogP contribution in [0.1, 0.15) is 16.1 Å². The number of hydrogen-bond acceptors (Lipinski definition) is 7. The zero-order valence-electron chi connectivity index (χ0n) is 15.8. The molecule has 1 aliphatic heterocycles. The minimum Gasteiger partial charge on any atom is -0.459 e. The van der Waals surface area contributed by atoms with E-state index in [9.17, 15) is 9.18 Å². The molecule has 1 amide bonds. The lowest BCUT2D eigenvalue weighted by Crippen LogP contribution is -2.49. The van der Waals surface area contributed by atoms with Gasteiger partial charge in [-0.2, -0.15) is 10.1 Å². The molecule has 0 aliphatic carbocycles. The number of furan rings is 1. The summed E-state index contributed by atoms with van der Waals surface area (Å²) >= 11 is 0. The number of halogens is 1. The van der Waals surface area contributed by atoms with Gasteiger partial charge in [-0.3, -0.25) is 4.79 Å². The van der Waals surface area contributed by atoms with Gasteiger partial charge in [0.25, 0.3) is 5.91 Å². The molecule has 2 aromatic heterocycles. The number of rotatable bonds is 6. The Morgan fingerprint density at radius 2 is 1.97 bits per heavy atom. The van der Waals surface area contributed by atoms with E-state index in [-0.39, 0.29) is 11.7 Å². The third-order valence-corrected chi connectivity index (χ3v) is 4.79. The Bertz CT molecular complexity index is 957. The van der Waals surface area contributed by atoms with Crippen LogP contribution in [0.4, 0.5) is 16.2 Å². The third-order valence-electron chi connectivity index (χ3n) is 4.79. The molecule has 0 unspecified atom stereocenters. The molecule has 3 aromatic rings. The summed E-state index contributed by atoms with van der Waals surface area (Å²) in [6.45, 7) is 2.84. The molecule has 0 atom stereocenters. The fraction of sp³-hybridized carbons (Fsp3) is 0.300. The number of amides is 1. The van der Waals surface area contributed by atoms with Crippen LogP contribution in [-0.2, 0) is 6.42 Å². The zero-order chi connectivity index (χ0) is 20.1. The Kier molecular flexibility index (Phi) is 5.64. The molecule has 0 saturated carbocycles. The Labute approximate surface area is 167 Å². The lowest BCUT2D eigenvalue weighted by molar-refractivity contribution is 0.0714. The van der Waals surface area contributed by atoms with Crippen LogP contribution in [-0.4, -0.2) is 58.7 Å². The van der Waals surface area contributed by atoms with Gasteiger partial charge in [-0.25, -0.2) is 4.39 Å². The van der Waals surface area contributed by atoms with Gasteiger partial charge in [0.05, 0.1) is 12.5 Å². The molecule has 1 saturated heterocycles. The van der Waals surface area contributed by atoms with E-state index in [1.807, 2.05) is 11.0 Å².